The van der Waals surface area contributed by atoms with E-state index in [9.17, 15) is 4.79 Å². The van der Waals surface area contributed by atoms with E-state index in [2.05, 4.69) is 22.4 Å². The fourth-order valence-corrected chi connectivity index (χ4v) is 3.77. The first-order valence-corrected chi connectivity index (χ1v) is 8.84. The lowest BCUT2D eigenvalue weighted by atomic mass is 10.1. The number of nitrogens with zero attached hydrogens (tertiary/aromatic N) is 1. The number of para-hydroxylation sites is 1. The van der Waals surface area contributed by atoms with E-state index < -0.39 is 0 Å². The SMILES string of the molecule is O=C1C(NCC2=Cc3ccccc3OC2)CCN1C1CCOCC1. The van der Waals surface area contributed by atoms with Crippen molar-refractivity contribution >= 4 is 12.0 Å². The first kappa shape index (κ1) is 15.7. The molecule has 0 aromatic heterocycles. The molecule has 0 saturated carbocycles. The molecule has 0 bridgehead atoms. The van der Waals surface area contributed by atoms with Crippen molar-refractivity contribution in [2.75, 3.05) is 32.9 Å². The smallest absolute Gasteiger partial charge is 0.240 e. The third-order valence-electron chi connectivity index (χ3n) is 5.14. The number of hydrogen-bond donors (Lipinski definition) is 1. The van der Waals surface area contributed by atoms with Gasteiger partial charge in [0.2, 0.25) is 5.91 Å². The van der Waals surface area contributed by atoms with Crippen molar-refractivity contribution in [2.45, 2.75) is 31.3 Å². The molecule has 1 aromatic carbocycles. The highest BCUT2D eigenvalue weighted by molar-refractivity contribution is 5.84. The van der Waals surface area contributed by atoms with Crippen molar-refractivity contribution in [1.29, 1.82) is 0 Å². The van der Waals surface area contributed by atoms with E-state index in [0.29, 0.717) is 19.2 Å². The molecule has 1 amide bonds. The summed E-state index contributed by atoms with van der Waals surface area (Å²) in [7, 11) is 0. The van der Waals surface area contributed by atoms with Crippen LogP contribution in [0.5, 0.6) is 5.75 Å². The number of carbonyl (C=O) groups excluding carboxylic acids is 1. The van der Waals surface area contributed by atoms with E-state index in [-0.39, 0.29) is 11.9 Å². The lowest BCUT2D eigenvalue weighted by Crippen LogP contribution is -2.45. The molecule has 3 aliphatic heterocycles. The van der Waals surface area contributed by atoms with Crippen LogP contribution in [0.3, 0.4) is 0 Å². The Bertz CT molecular complexity index is 637. The van der Waals surface area contributed by atoms with Crippen LogP contribution < -0.4 is 10.1 Å². The van der Waals surface area contributed by atoms with Gasteiger partial charge in [-0.3, -0.25) is 4.79 Å². The normalized spacial score (nSPS) is 24.5. The molecule has 1 atom stereocenters. The molecule has 24 heavy (non-hydrogen) atoms. The van der Waals surface area contributed by atoms with Gasteiger partial charge in [-0.1, -0.05) is 18.2 Å². The molecule has 4 rings (SSSR count). The summed E-state index contributed by atoms with van der Waals surface area (Å²) >= 11 is 0. The lowest BCUT2D eigenvalue weighted by molar-refractivity contribution is -0.132. The fraction of sp³-hybridized carbons (Fsp3) is 0.526. The largest absolute Gasteiger partial charge is 0.489 e. The van der Waals surface area contributed by atoms with Crippen molar-refractivity contribution in [3.05, 3.63) is 35.4 Å². The van der Waals surface area contributed by atoms with Crippen LogP contribution >= 0.6 is 0 Å². The van der Waals surface area contributed by atoms with E-state index in [4.69, 9.17) is 9.47 Å². The minimum Gasteiger partial charge on any atom is -0.489 e. The zero-order valence-corrected chi connectivity index (χ0v) is 13.9. The number of fused-ring (bicyclic) bond motifs is 1. The summed E-state index contributed by atoms with van der Waals surface area (Å²) in [4.78, 5) is 14.7. The quantitative estimate of drug-likeness (QED) is 0.916. The maximum Gasteiger partial charge on any atom is 0.240 e. The Hall–Kier alpha value is -1.85. The zero-order valence-electron chi connectivity index (χ0n) is 13.9. The van der Waals surface area contributed by atoms with Crippen molar-refractivity contribution in [1.82, 2.24) is 10.2 Å². The average Bonchev–Trinajstić information content (AvgIpc) is 3.01. The standard InChI is InChI=1S/C19H24N2O3/c22-19-17(5-8-21(19)16-6-9-23-10-7-16)20-12-14-11-15-3-1-2-4-18(15)24-13-14/h1-4,11,16-17,20H,5-10,12-13H2. The van der Waals surface area contributed by atoms with Crippen LogP contribution in [0.1, 0.15) is 24.8 Å². The van der Waals surface area contributed by atoms with Gasteiger partial charge in [0.15, 0.2) is 0 Å². The molecule has 0 spiro atoms. The molecule has 1 unspecified atom stereocenters. The average molecular weight is 328 g/mol. The Morgan fingerprint density at radius 2 is 2.00 bits per heavy atom. The van der Waals surface area contributed by atoms with Crippen molar-refractivity contribution < 1.29 is 14.3 Å². The topological polar surface area (TPSA) is 50.8 Å². The maximum absolute atomic E-state index is 12.6. The second kappa shape index (κ2) is 6.95. The molecule has 1 aromatic rings. The van der Waals surface area contributed by atoms with Crippen LogP contribution in [0, 0.1) is 0 Å². The summed E-state index contributed by atoms with van der Waals surface area (Å²) in [6.45, 7) is 3.70. The molecular weight excluding hydrogens is 304 g/mol. The summed E-state index contributed by atoms with van der Waals surface area (Å²) in [6.07, 6.45) is 4.99. The van der Waals surface area contributed by atoms with Crippen LogP contribution in [0.15, 0.2) is 29.8 Å². The van der Waals surface area contributed by atoms with Crippen LogP contribution in [0.2, 0.25) is 0 Å². The molecule has 2 saturated heterocycles. The van der Waals surface area contributed by atoms with Crippen LogP contribution in [0.25, 0.3) is 6.08 Å². The minimum absolute atomic E-state index is 0.0640. The molecule has 128 valence electrons. The van der Waals surface area contributed by atoms with Gasteiger partial charge < -0.3 is 19.7 Å². The highest BCUT2D eigenvalue weighted by atomic mass is 16.5. The third-order valence-corrected chi connectivity index (χ3v) is 5.14. The van der Waals surface area contributed by atoms with Gasteiger partial charge in [0.05, 0.1) is 6.04 Å². The first-order chi connectivity index (χ1) is 11.8. The Balaban J connectivity index is 1.34. The summed E-state index contributed by atoms with van der Waals surface area (Å²) in [5, 5.41) is 3.43. The van der Waals surface area contributed by atoms with Crippen LogP contribution in [-0.2, 0) is 9.53 Å². The second-order valence-electron chi connectivity index (χ2n) is 6.73. The Kier molecular flexibility index (Phi) is 4.54. The Labute approximate surface area is 142 Å². The minimum atomic E-state index is -0.0640. The highest BCUT2D eigenvalue weighted by Gasteiger charge is 2.36. The molecule has 3 heterocycles. The molecule has 3 aliphatic rings. The monoisotopic (exact) mass is 328 g/mol. The van der Waals surface area contributed by atoms with E-state index >= 15 is 0 Å². The number of nitrogens with one attached hydrogen (secondary N) is 1. The highest BCUT2D eigenvalue weighted by Crippen LogP contribution is 2.26. The summed E-state index contributed by atoms with van der Waals surface area (Å²) in [5.41, 5.74) is 2.30. The zero-order chi connectivity index (χ0) is 16.4. The number of hydrogen-bond acceptors (Lipinski definition) is 4. The van der Waals surface area contributed by atoms with Crippen LogP contribution in [-0.4, -0.2) is 55.8 Å². The molecule has 1 N–H and O–H groups in total. The summed E-state index contributed by atoms with van der Waals surface area (Å²) in [5.74, 6) is 1.18. The van der Waals surface area contributed by atoms with Gasteiger partial charge in [-0.2, -0.15) is 0 Å². The number of carbonyl (C=O) groups is 1. The molecule has 0 aliphatic carbocycles. The summed E-state index contributed by atoms with van der Waals surface area (Å²) < 4.78 is 11.2. The van der Waals surface area contributed by atoms with Gasteiger partial charge in [0.25, 0.3) is 0 Å². The van der Waals surface area contributed by atoms with E-state index in [1.54, 1.807) is 0 Å². The molecule has 2 fully saturated rings. The third kappa shape index (κ3) is 3.19. The predicted molar refractivity (Wildman–Crippen MR) is 91.9 cm³/mol. The maximum atomic E-state index is 12.6. The number of amides is 1. The van der Waals surface area contributed by atoms with Gasteiger partial charge in [0.1, 0.15) is 12.4 Å². The Morgan fingerprint density at radius 3 is 2.88 bits per heavy atom. The second-order valence-corrected chi connectivity index (χ2v) is 6.73. The van der Waals surface area contributed by atoms with Gasteiger partial charge in [0, 0.05) is 37.9 Å². The number of rotatable bonds is 4. The molecule has 5 heteroatoms. The van der Waals surface area contributed by atoms with Crippen molar-refractivity contribution in [3.63, 3.8) is 0 Å². The van der Waals surface area contributed by atoms with Gasteiger partial charge in [-0.25, -0.2) is 0 Å². The van der Waals surface area contributed by atoms with Crippen molar-refractivity contribution in [2.24, 2.45) is 0 Å². The predicted octanol–water partition coefficient (Wildman–Crippen LogP) is 1.83. The number of likely N-dealkylation sites (tertiary alicyclic amines) is 1. The number of ether oxygens (including phenoxy) is 2. The van der Waals surface area contributed by atoms with E-state index in [1.807, 2.05) is 18.2 Å². The first-order valence-electron chi connectivity index (χ1n) is 8.84. The molecule has 5 nitrogen and oxygen atoms in total. The Morgan fingerprint density at radius 1 is 1.17 bits per heavy atom. The number of benzene rings is 1. The summed E-state index contributed by atoms with van der Waals surface area (Å²) in [6, 6.07) is 8.34. The van der Waals surface area contributed by atoms with E-state index in [0.717, 1.165) is 50.3 Å². The van der Waals surface area contributed by atoms with Crippen LogP contribution in [0.4, 0.5) is 0 Å². The fourth-order valence-electron chi connectivity index (χ4n) is 3.77. The van der Waals surface area contributed by atoms with Crippen molar-refractivity contribution in [3.8, 4) is 5.75 Å². The molecule has 0 radical (unpaired) electrons. The van der Waals surface area contributed by atoms with E-state index in [1.165, 1.54) is 5.57 Å². The van der Waals surface area contributed by atoms with Gasteiger partial charge in [-0.15, -0.1) is 0 Å². The van der Waals surface area contributed by atoms with Gasteiger partial charge in [-0.05, 0) is 37.0 Å². The molecular formula is C19H24N2O3. The lowest BCUT2D eigenvalue weighted by Gasteiger charge is -2.31. The van der Waals surface area contributed by atoms with Gasteiger partial charge >= 0.3 is 0 Å².